The molecule has 0 fully saturated rings. The first kappa shape index (κ1) is 11.8. The van der Waals surface area contributed by atoms with Crippen molar-refractivity contribution in [2.45, 2.75) is 20.0 Å². The van der Waals surface area contributed by atoms with Crippen LogP contribution in [-0.2, 0) is 4.74 Å². The van der Waals surface area contributed by atoms with Gasteiger partial charge in [-0.25, -0.2) is 4.79 Å². The largest absolute Gasteiger partial charge is 0.459 e. The summed E-state index contributed by atoms with van der Waals surface area (Å²) >= 11 is 8.04. The van der Waals surface area contributed by atoms with Crippen molar-refractivity contribution >= 4 is 40.2 Å². The number of esters is 1. The Hall–Kier alpha value is -0.290. The minimum atomic E-state index is -0.372. The van der Waals surface area contributed by atoms with Crippen molar-refractivity contribution in [1.29, 1.82) is 0 Å². The van der Waals surface area contributed by atoms with Crippen molar-refractivity contribution < 1.29 is 9.53 Å². The second-order valence-electron chi connectivity index (χ2n) is 3.06. The van der Waals surface area contributed by atoms with Crippen molar-refractivity contribution in [3.63, 3.8) is 0 Å². The summed E-state index contributed by atoms with van der Waals surface area (Å²) in [6.45, 7) is 3.61. The van der Waals surface area contributed by atoms with Crippen LogP contribution < -0.4 is 0 Å². The Kier molecular flexibility index (Phi) is 4.19. The summed E-state index contributed by atoms with van der Waals surface area (Å²) in [5, 5.41) is 0.457. The van der Waals surface area contributed by atoms with Gasteiger partial charge in [0.05, 0.1) is 16.7 Å². The van der Waals surface area contributed by atoms with E-state index in [0.717, 1.165) is 3.57 Å². The molecular formula is C10H10ClIO2. The molecule has 1 rings (SSSR count). The maximum absolute atomic E-state index is 11.5. The number of rotatable bonds is 2. The fourth-order valence-electron chi connectivity index (χ4n) is 0.939. The molecule has 0 aliphatic carbocycles. The SMILES string of the molecule is CC(C)OC(=O)c1cccc(I)c1Cl. The molecule has 0 radical (unpaired) electrons. The number of carbonyl (C=O) groups is 1. The van der Waals surface area contributed by atoms with Crippen LogP contribution in [0.2, 0.25) is 5.02 Å². The van der Waals surface area contributed by atoms with Gasteiger partial charge in [0.15, 0.2) is 0 Å². The van der Waals surface area contributed by atoms with Crippen molar-refractivity contribution in [3.05, 3.63) is 32.4 Å². The molecule has 0 saturated carbocycles. The van der Waals surface area contributed by atoms with E-state index in [1.807, 2.05) is 6.07 Å². The lowest BCUT2D eigenvalue weighted by Crippen LogP contribution is -2.12. The third-order valence-corrected chi connectivity index (χ3v) is 3.14. The highest BCUT2D eigenvalue weighted by atomic mass is 127. The lowest BCUT2D eigenvalue weighted by atomic mass is 10.2. The predicted octanol–water partition coefficient (Wildman–Crippen LogP) is 3.51. The molecule has 0 unspecified atom stereocenters. The lowest BCUT2D eigenvalue weighted by Gasteiger charge is -2.09. The second kappa shape index (κ2) is 4.98. The molecular weight excluding hydrogens is 314 g/mol. The Balaban J connectivity index is 2.96. The zero-order chi connectivity index (χ0) is 10.7. The number of halogens is 2. The predicted molar refractivity (Wildman–Crippen MR) is 64.7 cm³/mol. The standard InChI is InChI=1S/C10H10ClIO2/c1-6(2)14-10(13)7-4-3-5-8(12)9(7)11/h3-6H,1-2H3. The molecule has 0 aliphatic heterocycles. The number of ether oxygens (including phenoxy) is 1. The highest BCUT2D eigenvalue weighted by molar-refractivity contribution is 14.1. The van der Waals surface area contributed by atoms with Crippen molar-refractivity contribution in [2.24, 2.45) is 0 Å². The highest BCUT2D eigenvalue weighted by Gasteiger charge is 2.14. The van der Waals surface area contributed by atoms with E-state index >= 15 is 0 Å². The Morgan fingerprint density at radius 1 is 1.50 bits per heavy atom. The Morgan fingerprint density at radius 2 is 2.14 bits per heavy atom. The molecule has 0 heterocycles. The van der Waals surface area contributed by atoms with Gasteiger partial charge in [0.2, 0.25) is 0 Å². The second-order valence-corrected chi connectivity index (χ2v) is 4.60. The molecule has 0 N–H and O–H groups in total. The van der Waals surface area contributed by atoms with Gasteiger partial charge in [0.1, 0.15) is 0 Å². The quantitative estimate of drug-likeness (QED) is 0.615. The van der Waals surface area contributed by atoms with Crippen LogP contribution in [-0.4, -0.2) is 12.1 Å². The topological polar surface area (TPSA) is 26.3 Å². The third kappa shape index (κ3) is 2.85. The molecule has 76 valence electrons. The third-order valence-electron chi connectivity index (χ3n) is 1.51. The zero-order valence-corrected chi connectivity index (χ0v) is 10.8. The minimum absolute atomic E-state index is 0.128. The van der Waals surface area contributed by atoms with Crippen LogP contribution in [0.25, 0.3) is 0 Å². The summed E-state index contributed by atoms with van der Waals surface area (Å²) in [7, 11) is 0. The molecule has 14 heavy (non-hydrogen) atoms. The Morgan fingerprint density at radius 3 is 2.71 bits per heavy atom. The number of benzene rings is 1. The first-order valence-corrected chi connectivity index (χ1v) is 5.63. The van der Waals surface area contributed by atoms with Gasteiger partial charge >= 0.3 is 5.97 Å². The van der Waals surface area contributed by atoms with Crippen molar-refractivity contribution in [1.82, 2.24) is 0 Å². The molecule has 1 aromatic rings. The van der Waals surface area contributed by atoms with Crippen LogP contribution in [0.3, 0.4) is 0 Å². The minimum Gasteiger partial charge on any atom is -0.459 e. The van der Waals surface area contributed by atoms with Crippen LogP contribution >= 0.6 is 34.2 Å². The summed E-state index contributed by atoms with van der Waals surface area (Å²) in [6, 6.07) is 5.29. The van der Waals surface area contributed by atoms with Crippen LogP contribution in [0.5, 0.6) is 0 Å². The average molecular weight is 325 g/mol. The monoisotopic (exact) mass is 324 g/mol. The van der Waals surface area contributed by atoms with E-state index in [2.05, 4.69) is 22.6 Å². The van der Waals surface area contributed by atoms with E-state index in [4.69, 9.17) is 16.3 Å². The van der Waals surface area contributed by atoms with E-state index in [1.54, 1.807) is 26.0 Å². The molecule has 2 nitrogen and oxygen atoms in total. The van der Waals surface area contributed by atoms with Gasteiger partial charge < -0.3 is 4.74 Å². The Labute approximate surface area is 102 Å². The molecule has 4 heteroatoms. The number of carbonyl (C=O) groups excluding carboxylic acids is 1. The smallest absolute Gasteiger partial charge is 0.339 e. The van der Waals surface area contributed by atoms with Gasteiger partial charge in [-0.1, -0.05) is 17.7 Å². The summed E-state index contributed by atoms with van der Waals surface area (Å²) in [6.07, 6.45) is -0.128. The van der Waals surface area contributed by atoms with E-state index < -0.39 is 0 Å². The maximum Gasteiger partial charge on any atom is 0.339 e. The molecule has 0 spiro atoms. The summed E-state index contributed by atoms with van der Waals surface area (Å²) in [4.78, 5) is 11.5. The van der Waals surface area contributed by atoms with Gasteiger partial charge in [-0.15, -0.1) is 0 Å². The van der Waals surface area contributed by atoms with Gasteiger partial charge in [0.25, 0.3) is 0 Å². The van der Waals surface area contributed by atoms with Crippen LogP contribution in [0, 0.1) is 3.57 Å². The molecule has 0 aliphatic rings. The van der Waals surface area contributed by atoms with Crippen LogP contribution in [0.1, 0.15) is 24.2 Å². The first-order chi connectivity index (χ1) is 6.52. The fraction of sp³-hybridized carbons (Fsp3) is 0.300. The van der Waals surface area contributed by atoms with Gasteiger partial charge in [0, 0.05) is 3.57 Å². The summed E-state index contributed by atoms with van der Waals surface area (Å²) < 4.78 is 5.89. The highest BCUT2D eigenvalue weighted by Crippen LogP contribution is 2.23. The maximum atomic E-state index is 11.5. The number of hydrogen-bond acceptors (Lipinski definition) is 2. The van der Waals surface area contributed by atoms with E-state index in [-0.39, 0.29) is 12.1 Å². The first-order valence-electron chi connectivity index (χ1n) is 4.17. The zero-order valence-electron chi connectivity index (χ0n) is 7.88. The van der Waals surface area contributed by atoms with Crippen LogP contribution in [0.4, 0.5) is 0 Å². The molecule has 0 aromatic heterocycles. The van der Waals surface area contributed by atoms with E-state index in [1.165, 1.54) is 0 Å². The van der Waals surface area contributed by atoms with Gasteiger partial charge in [-0.05, 0) is 48.6 Å². The Bertz CT molecular complexity index is 350. The fourth-order valence-corrected chi connectivity index (χ4v) is 1.64. The molecule has 1 aromatic carbocycles. The van der Waals surface area contributed by atoms with Gasteiger partial charge in [-0.2, -0.15) is 0 Å². The van der Waals surface area contributed by atoms with Crippen molar-refractivity contribution in [3.8, 4) is 0 Å². The summed E-state index contributed by atoms with van der Waals surface area (Å²) in [5.74, 6) is -0.372. The lowest BCUT2D eigenvalue weighted by molar-refractivity contribution is 0.0378. The molecule has 0 saturated heterocycles. The van der Waals surface area contributed by atoms with Crippen LogP contribution in [0.15, 0.2) is 18.2 Å². The molecule has 0 bridgehead atoms. The molecule has 0 atom stereocenters. The average Bonchev–Trinajstić information content (AvgIpc) is 2.08. The molecule has 0 amide bonds. The van der Waals surface area contributed by atoms with Gasteiger partial charge in [-0.3, -0.25) is 0 Å². The normalized spacial score (nSPS) is 10.4. The number of hydrogen-bond donors (Lipinski definition) is 0. The summed E-state index contributed by atoms with van der Waals surface area (Å²) in [5.41, 5.74) is 0.423. The van der Waals surface area contributed by atoms with E-state index in [9.17, 15) is 4.79 Å². The van der Waals surface area contributed by atoms with E-state index in [0.29, 0.717) is 10.6 Å². The van der Waals surface area contributed by atoms with Crippen molar-refractivity contribution in [2.75, 3.05) is 0 Å².